The number of halogens is 2. The van der Waals surface area contributed by atoms with Gasteiger partial charge in [0.25, 0.3) is 0 Å². The lowest BCUT2D eigenvalue weighted by Gasteiger charge is -2.17. The molecular formula is C23H22BrFN4O. The first-order chi connectivity index (χ1) is 14.6. The molecule has 5 nitrogen and oxygen atoms in total. The van der Waals surface area contributed by atoms with Crippen LogP contribution in [0.15, 0.2) is 46.9 Å². The number of rotatable bonds is 4. The van der Waals surface area contributed by atoms with E-state index in [4.69, 9.17) is 0 Å². The van der Waals surface area contributed by atoms with Crippen LogP contribution in [-0.4, -0.2) is 20.7 Å². The second kappa shape index (κ2) is 7.61. The van der Waals surface area contributed by atoms with Crippen molar-refractivity contribution in [3.05, 3.63) is 64.1 Å². The highest BCUT2D eigenvalue weighted by atomic mass is 79.9. The topological polar surface area (TPSA) is 59.8 Å². The first kappa shape index (κ1) is 19.4. The quantitative estimate of drug-likeness (QED) is 0.569. The van der Waals surface area contributed by atoms with E-state index in [9.17, 15) is 9.18 Å². The monoisotopic (exact) mass is 468 g/mol. The van der Waals surface area contributed by atoms with Gasteiger partial charge in [-0.05, 0) is 61.6 Å². The molecule has 0 radical (unpaired) electrons. The van der Waals surface area contributed by atoms with Crippen molar-refractivity contribution in [3.63, 3.8) is 0 Å². The van der Waals surface area contributed by atoms with E-state index in [0.717, 1.165) is 65.9 Å². The maximum atomic E-state index is 14.6. The van der Waals surface area contributed by atoms with Crippen molar-refractivity contribution in [2.24, 2.45) is 0 Å². The SMILES string of the molecule is O=C(Nc1cc(-c2nnc3n2CCCCC3)ccc1F)C1(c2ccc(Br)cc2)CC1. The van der Waals surface area contributed by atoms with E-state index in [0.29, 0.717) is 0 Å². The number of nitrogens with one attached hydrogen (secondary N) is 1. The minimum Gasteiger partial charge on any atom is -0.323 e. The lowest BCUT2D eigenvalue weighted by molar-refractivity contribution is -0.118. The third-order valence-electron chi connectivity index (χ3n) is 6.16. The van der Waals surface area contributed by atoms with Gasteiger partial charge in [-0.3, -0.25) is 4.79 Å². The van der Waals surface area contributed by atoms with Crippen LogP contribution in [0, 0.1) is 5.82 Å². The maximum Gasteiger partial charge on any atom is 0.235 e. The van der Waals surface area contributed by atoms with E-state index in [1.54, 1.807) is 12.1 Å². The van der Waals surface area contributed by atoms with Gasteiger partial charge in [-0.15, -0.1) is 10.2 Å². The van der Waals surface area contributed by atoms with Gasteiger partial charge in [0, 0.05) is 23.0 Å². The van der Waals surface area contributed by atoms with Crippen LogP contribution in [0.5, 0.6) is 0 Å². The number of carbonyl (C=O) groups excluding carboxylic acids is 1. The maximum absolute atomic E-state index is 14.6. The summed E-state index contributed by atoms with van der Waals surface area (Å²) < 4.78 is 17.7. The zero-order chi connectivity index (χ0) is 20.7. The van der Waals surface area contributed by atoms with E-state index < -0.39 is 11.2 Å². The highest BCUT2D eigenvalue weighted by molar-refractivity contribution is 9.10. The van der Waals surface area contributed by atoms with E-state index in [1.807, 2.05) is 24.3 Å². The molecular weight excluding hydrogens is 447 g/mol. The number of anilines is 1. The summed E-state index contributed by atoms with van der Waals surface area (Å²) in [5.41, 5.74) is 1.34. The van der Waals surface area contributed by atoms with Crippen molar-refractivity contribution in [2.75, 3.05) is 5.32 Å². The van der Waals surface area contributed by atoms with E-state index >= 15 is 0 Å². The molecule has 0 spiro atoms. The van der Waals surface area contributed by atoms with Crippen molar-refractivity contribution >= 4 is 27.5 Å². The molecule has 3 aromatic rings. The fraction of sp³-hybridized carbons (Fsp3) is 0.348. The Labute approximate surface area is 182 Å². The summed E-state index contributed by atoms with van der Waals surface area (Å²) >= 11 is 3.43. The number of aromatic nitrogens is 3. The molecule has 0 saturated heterocycles. The zero-order valence-corrected chi connectivity index (χ0v) is 18.1. The molecule has 5 rings (SSSR count). The van der Waals surface area contributed by atoms with Crippen molar-refractivity contribution in [1.82, 2.24) is 14.8 Å². The minimum atomic E-state index is -0.574. The molecule has 1 aliphatic heterocycles. The average molecular weight is 469 g/mol. The third-order valence-corrected chi connectivity index (χ3v) is 6.69. The molecule has 30 heavy (non-hydrogen) atoms. The number of hydrogen-bond donors (Lipinski definition) is 1. The van der Waals surface area contributed by atoms with Gasteiger partial charge in [-0.1, -0.05) is 34.5 Å². The molecule has 2 aromatic carbocycles. The van der Waals surface area contributed by atoms with Crippen LogP contribution in [0.2, 0.25) is 0 Å². The van der Waals surface area contributed by atoms with Gasteiger partial charge in [0.1, 0.15) is 11.6 Å². The van der Waals surface area contributed by atoms with Gasteiger partial charge in [0.15, 0.2) is 5.82 Å². The first-order valence-corrected chi connectivity index (χ1v) is 11.2. The van der Waals surface area contributed by atoms with Crippen LogP contribution in [-0.2, 0) is 23.2 Å². The van der Waals surface area contributed by atoms with Crippen LogP contribution in [0.1, 0.15) is 43.5 Å². The molecule has 1 saturated carbocycles. The second-order valence-electron chi connectivity index (χ2n) is 8.14. The summed E-state index contributed by atoms with van der Waals surface area (Å²) in [6.45, 7) is 0.864. The van der Waals surface area contributed by atoms with E-state index in [1.165, 1.54) is 12.5 Å². The molecule has 7 heteroatoms. The average Bonchev–Trinajstić information content (AvgIpc) is 3.51. The van der Waals surface area contributed by atoms with Crippen LogP contribution >= 0.6 is 15.9 Å². The Morgan fingerprint density at radius 1 is 1.07 bits per heavy atom. The predicted molar refractivity (Wildman–Crippen MR) is 117 cm³/mol. The second-order valence-corrected chi connectivity index (χ2v) is 9.06. The number of nitrogens with zero attached hydrogens (tertiary/aromatic N) is 3. The van der Waals surface area contributed by atoms with E-state index in [-0.39, 0.29) is 11.6 Å². The number of amides is 1. The van der Waals surface area contributed by atoms with Crippen molar-refractivity contribution in [3.8, 4) is 11.4 Å². The van der Waals surface area contributed by atoms with Crippen LogP contribution in [0.3, 0.4) is 0 Å². The van der Waals surface area contributed by atoms with Crippen LogP contribution in [0.4, 0.5) is 10.1 Å². The van der Waals surface area contributed by atoms with Gasteiger partial charge in [-0.25, -0.2) is 4.39 Å². The lowest BCUT2D eigenvalue weighted by atomic mass is 9.95. The molecule has 0 atom stereocenters. The molecule has 0 unspecified atom stereocenters. The standard InChI is InChI=1S/C23H22BrFN4O/c24-17-8-6-16(7-9-17)23(11-12-23)22(30)26-19-14-15(5-10-18(19)25)21-28-27-20-4-2-1-3-13-29(20)21/h5-10,14H,1-4,11-13H2,(H,26,30). The molecule has 154 valence electrons. The molecule has 1 fully saturated rings. The van der Waals surface area contributed by atoms with Crippen molar-refractivity contribution in [1.29, 1.82) is 0 Å². The summed E-state index contributed by atoms with van der Waals surface area (Å²) in [6.07, 6.45) is 5.80. The normalized spacial score (nSPS) is 17.1. The smallest absolute Gasteiger partial charge is 0.235 e. The molecule has 0 bridgehead atoms. The van der Waals surface area contributed by atoms with Gasteiger partial charge in [0.05, 0.1) is 11.1 Å². The Morgan fingerprint density at radius 2 is 1.87 bits per heavy atom. The van der Waals surface area contributed by atoms with Gasteiger partial charge in [-0.2, -0.15) is 0 Å². The fourth-order valence-corrected chi connectivity index (χ4v) is 4.51. The Balaban J connectivity index is 1.43. The Kier molecular flexibility index (Phi) is 4.93. The Morgan fingerprint density at radius 3 is 2.63 bits per heavy atom. The van der Waals surface area contributed by atoms with Crippen LogP contribution < -0.4 is 5.32 Å². The molecule has 1 amide bonds. The first-order valence-electron chi connectivity index (χ1n) is 10.4. The van der Waals surface area contributed by atoms with Crippen molar-refractivity contribution < 1.29 is 9.18 Å². The minimum absolute atomic E-state index is 0.166. The Hall–Kier alpha value is -2.54. The molecule has 1 aromatic heterocycles. The summed E-state index contributed by atoms with van der Waals surface area (Å²) in [4.78, 5) is 13.1. The number of aryl methyl sites for hydroxylation is 1. The highest BCUT2D eigenvalue weighted by Gasteiger charge is 2.51. The molecule has 1 aliphatic carbocycles. The predicted octanol–water partition coefficient (Wildman–Crippen LogP) is 5.24. The summed E-state index contributed by atoms with van der Waals surface area (Å²) in [5, 5.41) is 11.5. The van der Waals surface area contributed by atoms with Gasteiger partial charge >= 0.3 is 0 Å². The third kappa shape index (κ3) is 3.45. The van der Waals surface area contributed by atoms with Crippen LogP contribution in [0.25, 0.3) is 11.4 Å². The zero-order valence-electron chi connectivity index (χ0n) is 16.5. The lowest BCUT2D eigenvalue weighted by Crippen LogP contribution is -2.28. The largest absolute Gasteiger partial charge is 0.323 e. The summed E-state index contributed by atoms with van der Waals surface area (Å²) in [6, 6.07) is 12.5. The van der Waals surface area contributed by atoms with Gasteiger partial charge < -0.3 is 9.88 Å². The van der Waals surface area contributed by atoms with E-state index in [2.05, 4.69) is 36.0 Å². The molecule has 2 aliphatic rings. The summed E-state index contributed by atoms with van der Waals surface area (Å²) in [7, 11) is 0. The summed E-state index contributed by atoms with van der Waals surface area (Å²) in [5.74, 6) is 1.09. The molecule has 1 N–H and O–H groups in total. The number of fused-ring (bicyclic) bond motifs is 1. The number of benzene rings is 2. The van der Waals surface area contributed by atoms with Crippen molar-refractivity contribution in [2.45, 2.75) is 50.5 Å². The highest BCUT2D eigenvalue weighted by Crippen LogP contribution is 2.49. The number of carbonyl (C=O) groups is 1. The van der Waals surface area contributed by atoms with Gasteiger partial charge in [0.2, 0.25) is 5.91 Å². The fourth-order valence-electron chi connectivity index (χ4n) is 4.24. The number of hydrogen-bond acceptors (Lipinski definition) is 3. The Bertz CT molecular complexity index is 1100. The molecule has 2 heterocycles.